The minimum Gasteiger partial charge on any atom is -0.378 e. The van der Waals surface area contributed by atoms with E-state index < -0.39 is 0 Å². The maximum absolute atomic E-state index is 12.0. The van der Waals surface area contributed by atoms with Crippen LogP contribution in [0.3, 0.4) is 0 Å². The molecule has 1 aliphatic heterocycles. The second-order valence-corrected chi connectivity index (χ2v) is 4.82. The highest BCUT2D eigenvalue weighted by atomic mass is 16.5. The number of rotatable bonds is 4. The average Bonchev–Trinajstić information content (AvgIpc) is 3.04. The lowest BCUT2D eigenvalue weighted by Gasteiger charge is -2.25. The molecule has 0 aliphatic carbocycles. The summed E-state index contributed by atoms with van der Waals surface area (Å²) >= 11 is 0. The first-order valence-electron chi connectivity index (χ1n) is 6.94. The Labute approximate surface area is 122 Å². The number of benzene rings is 1. The van der Waals surface area contributed by atoms with Crippen molar-refractivity contribution >= 4 is 11.8 Å². The number of aromatic nitrogens is 1. The molecule has 6 heteroatoms. The molecule has 3 rings (SSSR count). The van der Waals surface area contributed by atoms with E-state index in [0.29, 0.717) is 31.3 Å². The fraction of sp³-hybridized carbons (Fsp3) is 0.333. The van der Waals surface area contributed by atoms with E-state index in [2.05, 4.69) is 10.5 Å². The summed E-state index contributed by atoms with van der Waals surface area (Å²) < 4.78 is 10.5. The summed E-state index contributed by atoms with van der Waals surface area (Å²) in [5.74, 6) is 0.380. The molecule has 1 saturated heterocycles. The van der Waals surface area contributed by atoms with Crippen molar-refractivity contribution in [2.45, 2.75) is 6.54 Å². The summed E-state index contributed by atoms with van der Waals surface area (Å²) in [6, 6.07) is 11.4. The molecule has 0 atom stereocenters. The Hall–Kier alpha value is -2.34. The van der Waals surface area contributed by atoms with Gasteiger partial charge in [0.1, 0.15) is 0 Å². The zero-order valence-electron chi connectivity index (χ0n) is 11.6. The highest BCUT2D eigenvalue weighted by molar-refractivity contribution is 5.92. The molecule has 0 spiro atoms. The summed E-state index contributed by atoms with van der Waals surface area (Å²) in [6.45, 7) is 3.30. The van der Waals surface area contributed by atoms with Crippen LogP contribution in [-0.2, 0) is 11.3 Å². The van der Waals surface area contributed by atoms with Gasteiger partial charge in [-0.3, -0.25) is 4.79 Å². The van der Waals surface area contributed by atoms with E-state index >= 15 is 0 Å². The first-order valence-corrected chi connectivity index (χ1v) is 6.94. The van der Waals surface area contributed by atoms with Gasteiger partial charge in [0, 0.05) is 25.7 Å². The molecule has 0 unspecified atom stereocenters. The number of amides is 1. The van der Waals surface area contributed by atoms with E-state index in [4.69, 9.17) is 9.26 Å². The zero-order valence-corrected chi connectivity index (χ0v) is 11.6. The maximum atomic E-state index is 12.0. The van der Waals surface area contributed by atoms with Crippen LogP contribution in [-0.4, -0.2) is 37.4 Å². The number of nitrogens with zero attached hydrogens (tertiary/aromatic N) is 2. The molecule has 1 aromatic carbocycles. The molecular formula is C15H17N3O3. The third-order valence-electron chi connectivity index (χ3n) is 3.35. The van der Waals surface area contributed by atoms with Gasteiger partial charge in [-0.25, -0.2) is 0 Å². The SMILES string of the molecule is O=C(NCc1ccccc1)c1cc(N2CCOCC2)on1. The van der Waals surface area contributed by atoms with Crippen LogP contribution in [0, 0.1) is 0 Å². The number of morpholine rings is 1. The first-order chi connectivity index (χ1) is 10.3. The monoisotopic (exact) mass is 287 g/mol. The molecule has 1 aliphatic rings. The smallest absolute Gasteiger partial charge is 0.273 e. The number of anilines is 1. The quantitative estimate of drug-likeness (QED) is 0.921. The minimum absolute atomic E-state index is 0.234. The Morgan fingerprint density at radius 3 is 2.76 bits per heavy atom. The summed E-state index contributed by atoms with van der Waals surface area (Å²) in [5, 5.41) is 6.66. The van der Waals surface area contributed by atoms with Crippen molar-refractivity contribution in [2.75, 3.05) is 31.2 Å². The normalized spacial score (nSPS) is 15.0. The highest BCUT2D eigenvalue weighted by Crippen LogP contribution is 2.17. The summed E-state index contributed by atoms with van der Waals surface area (Å²) in [6.07, 6.45) is 0. The second-order valence-electron chi connectivity index (χ2n) is 4.82. The van der Waals surface area contributed by atoms with Crippen molar-refractivity contribution in [3.8, 4) is 0 Å². The fourth-order valence-electron chi connectivity index (χ4n) is 2.17. The van der Waals surface area contributed by atoms with Crippen molar-refractivity contribution in [3.05, 3.63) is 47.7 Å². The van der Waals surface area contributed by atoms with Gasteiger partial charge >= 0.3 is 0 Å². The van der Waals surface area contributed by atoms with Crippen LogP contribution >= 0.6 is 0 Å². The molecule has 110 valence electrons. The van der Waals surface area contributed by atoms with E-state index in [0.717, 1.165) is 18.7 Å². The predicted molar refractivity (Wildman–Crippen MR) is 77.1 cm³/mol. The van der Waals surface area contributed by atoms with Crippen LogP contribution in [0.25, 0.3) is 0 Å². The van der Waals surface area contributed by atoms with Gasteiger partial charge in [-0.05, 0) is 5.56 Å². The molecule has 2 aromatic rings. The fourth-order valence-corrected chi connectivity index (χ4v) is 2.17. The second kappa shape index (κ2) is 6.41. The largest absolute Gasteiger partial charge is 0.378 e. The molecule has 1 fully saturated rings. The van der Waals surface area contributed by atoms with Crippen LogP contribution in [0.1, 0.15) is 16.1 Å². The summed E-state index contributed by atoms with van der Waals surface area (Å²) in [4.78, 5) is 14.1. The summed E-state index contributed by atoms with van der Waals surface area (Å²) in [7, 11) is 0. The predicted octanol–water partition coefficient (Wildman–Crippen LogP) is 1.44. The molecular weight excluding hydrogens is 270 g/mol. The lowest BCUT2D eigenvalue weighted by Crippen LogP contribution is -2.35. The van der Waals surface area contributed by atoms with Crippen LogP contribution in [0.2, 0.25) is 0 Å². The number of carbonyl (C=O) groups excluding carboxylic acids is 1. The van der Waals surface area contributed by atoms with Crippen molar-refractivity contribution in [1.29, 1.82) is 0 Å². The van der Waals surface area contributed by atoms with Crippen molar-refractivity contribution < 1.29 is 14.1 Å². The number of hydrogen-bond donors (Lipinski definition) is 1. The van der Waals surface area contributed by atoms with Gasteiger partial charge in [0.25, 0.3) is 5.91 Å². The van der Waals surface area contributed by atoms with Gasteiger partial charge in [-0.2, -0.15) is 0 Å². The van der Waals surface area contributed by atoms with Crippen molar-refractivity contribution in [1.82, 2.24) is 10.5 Å². The number of ether oxygens (including phenoxy) is 1. The Morgan fingerprint density at radius 2 is 2.00 bits per heavy atom. The summed E-state index contributed by atoms with van der Waals surface area (Å²) in [5.41, 5.74) is 1.34. The van der Waals surface area contributed by atoms with Gasteiger partial charge < -0.3 is 19.5 Å². The van der Waals surface area contributed by atoms with Crippen LogP contribution < -0.4 is 10.2 Å². The Bertz CT molecular complexity index is 591. The third kappa shape index (κ3) is 3.41. The topological polar surface area (TPSA) is 67.6 Å². The van der Waals surface area contributed by atoms with Gasteiger partial charge in [-0.1, -0.05) is 35.5 Å². The highest BCUT2D eigenvalue weighted by Gasteiger charge is 2.18. The Balaban J connectivity index is 1.59. The number of hydrogen-bond acceptors (Lipinski definition) is 5. The van der Waals surface area contributed by atoms with Gasteiger partial charge in [-0.15, -0.1) is 0 Å². The molecule has 21 heavy (non-hydrogen) atoms. The molecule has 6 nitrogen and oxygen atoms in total. The molecule has 0 bridgehead atoms. The third-order valence-corrected chi connectivity index (χ3v) is 3.35. The molecule has 1 aromatic heterocycles. The maximum Gasteiger partial charge on any atom is 0.273 e. The lowest BCUT2D eigenvalue weighted by molar-refractivity contribution is 0.0941. The Morgan fingerprint density at radius 1 is 1.24 bits per heavy atom. The lowest BCUT2D eigenvalue weighted by atomic mass is 10.2. The first kappa shape index (κ1) is 13.6. The molecule has 0 radical (unpaired) electrons. The number of carbonyl (C=O) groups is 1. The van der Waals surface area contributed by atoms with E-state index in [1.165, 1.54) is 0 Å². The van der Waals surface area contributed by atoms with E-state index in [1.54, 1.807) is 6.07 Å². The van der Waals surface area contributed by atoms with Gasteiger partial charge in [0.15, 0.2) is 5.69 Å². The Kier molecular flexibility index (Phi) is 4.16. The number of nitrogens with one attached hydrogen (secondary N) is 1. The van der Waals surface area contributed by atoms with E-state index in [-0.39, 0.29) is 5.91 Å². The molecule has 2 heterocycles. The standard InChI is InChI=1S/C15H17N3O3/c19-15(16-11-12-4-2-1-3-5-12)13-10-14(21-17-13)18-6-8-20-9-7-18/h1-5,10H,6-9,11H2,(H,16,19). The molecule has 0 saturated carbocycles. The molecule has 1 N–H and O–H groups in total. The minimum atomic E-state index is -0.234. The molecule has 1 amide bonds. The van der Waals surface area contributed by atoms with Crippen LogP contribution in [0.15, 0.2) is 40.9 Å². The van der Waals surface area contributed by atoms with E-state index in [1.807, 2.05) is 35.2 Å². The zero-order chi connectivity index (χ0) is 14.5. The van der Waals surface area contributed by atoms with Crippen LogP contribution in [0.4, 0.5) is 5.88 Å². The van der Waals surface area contributed by atoms with Gasteiger partial charge in [0.05, 0.1) is 13.2 Å². The van der Waals surface area contributed by atoms with E-state index in [9.17, 15) is 4.79 Å². The van der Waals surface area contributed by atoms with Gasteiger partial charge in [0.2, 0.25) is 5.88 Å². The van der Waals surface area contributed by atoms with Crippen LogP contribution in [0.5, 0.6) is 0 Å². The average molecular weight is 287 g/mol. The van der Waals surface area contributed by atoms with Crippen molar-refractivity contribution in [3.63, 3.8) is 0 Å². The van der Waals surface area contributed by atoms with Crippen molar-refractivity contribution in [2.24, 2.45) is 0 Å².